The van der Waals surface area contributed by atoms with Crippen molar-refractivity contribution in [2.75, 3.05) is 31.6 Å². The fourth-order valence-electron chi connectivity index (χ4n) is 2.51. The van der Waals surface area contributed by atoms with E-state index in [2.05, 4.69) is 10.6 Å². The van der Waals surface area contributed by atoms with Crippen LogP contribution in [0.5, 0.6) is 0 Å². The van der Waals surface area contributed by atoms with Gasteiger partial charge in [0, 0.05) is 24.3 Å². The summed E-state index contributed by atoms with van der Waals surface area (Å²) in [6, 6.07) is 9.13. The van der Waals surface area contributed by atoms with Gasteiger partial charge in [-0.2, -0.15) is 0 Å². The second-order valence-corrected chi connectivity index (χ2v) is 5.48. The Labute approximate surface area is 128 Å². The van der Waals surface area contributed by atoms with Crippen molar-refractivity contribution in [1.29, 1.82) is 0 Å². The highest BCUT2D eigenvalue weighted by atomic mass is 16.4. The van der Waals surface area contributed by atoms with E-state index in [9.17, 15) is 14.7 Å². The van der Waals surface area contributed by atoms with Gasteiger partial charge in [0.05, 0.1) is 13.2 Å². The summed E-state index contributed by atoms with van der Waals surface area (Å²) in [6.07, 6.45) is 0.0106. The summed E-state index contributed by atoms with van der Waals surface area (Å²) in [7, 11) is 0. The van der Waals surface area contributed by atoms with Crippen molar-refractivity contribution in [3.05, 3.63) is 30.3 Å². The molecule has 1 aromatic rings. The number of likely N-dealkylation sites (tertiary alicyclic amines) is 1. The summed E-state index contributed by atoms with van der Waals surface area (Å²) in [5, 5.41) is 24.4. The van der Waals surface area contributed by atoms with Crippen LogP contribution in [0.3, 0.4) is 0 Å². The average molecular weight is 307 g/mol. The molecule has 1 heterocycles. The topological polar surface area (TPSA) is 102 Å². The average Bonchev–Trinajstić information content (AvgIpc) is 2.54. The SMILES string of the molecule is O=C(CNC1(CO)CCN(C(=O)O)CC1)Nc1ccccc1. The number of aliphatic hydroxyl groups excluding tert-OH is 1. The maximum atomic E-state index is 11.9. The predicted octanol–water partition coefficient (Wildman–Crippen LogP) is 0.720. The van der Waals surface area contributed by atoms with Gasteiger partial charge in [0.2, 0.25) is 5.91 Å². The van der Waals surface area contributed by atoms with E-state index in [1.807, 2.05) is 18.2 Å². The largest absolute Gasteiger partial charge is 0.465 e. The number of carbonyl (C=O) groups is 2. The number of benzene rings is 1. The summed E-state index contributed by atoms with van der Waals surface area (Å²) < 4.78 is 0. The summed E-state index contributed by atoms with van der Waals surface area (Å²) in [5.74, 6) is -0.195. The van der Waals surface area contributed by atoms with Gasteiger partial charge >= 0.3 is 6.09 Å². The fraction of sp³-hybridized carbons (Fsp3) is 0.467. The van der Waals surface area contributed by atoms with Crippen molar-refractivity contribution in [1.82, 2.24) is 10.2 Å². The number of nitrogens with one attached hydrogen (secondary N) is 2. The Morgan fingerprint density at radius 1 is 1.18 bits per heavy atom. The Hall–Kier alpha value is -2.12. The number of hydrogen-bond acceptors (Lipinski definition) is 4. The molecule has 0 saturated carbocycles. The van der Waals surface area contributed by atoms with E-state index in [-0.39, 0.29) is 19.1 Å². The lowest BCUT2D eigenvalue weighted by atomic mass is 9.88. The first-order chi connectivity index (χ1) is 10.5. The van der Waals surface area contributed by atoms with Crippen LogP contribution in [0.1, 0.15) is 12.8 Å². The number of carbonyl (C=O) groups excluding carboxylic acids is 1. The van der Waals surface area contributed by atoms with Gasteiger partial charge in [0.1, 0.15) is 0 Å². The number of para-hydroxylation sites is 1. The molecule has 0 bridgehead atoms. The zero-order valence-electron chi connectivity index (χ0n) is 12.3. The fourth-order valence-corrected chi connectivity index (χ4v) is 2.51. The first kappa shape index (κ1) is 16.3. The second-order valence-electron chi connectivity index (χ2n) is 5.48. The zero-order chi connectivity index (χ0) is 16.0. The lowest BCUT2D eigenvalue weighted by Gasteiger charge is -2.40. The van der Waals surface area contributed by atoms with Crippen molar-refractivity contribution < 1.29 is 19.8 Å². The molecule has 4 N–H and O–H groups in total. The molecule has 0 atom stereocenters. The van der Waals surface area contributed by atoms with E-state index in [1.54, 1.807) is 12.1 Å². The molecule has 0 unspecified atom stereocenters. The molecule has 0 aliphatic carbocycles. The number of hydrogen-bond donors (Lipinski definition) is 4. The van der Waals surface area contributed by atoms with Crippen molar-refractivity contribution in [2.45, 2.75) is 18.4 Å². The highest BCUT2D eigenvalue weighted by Crippen LogP contribution is 2.21. The van der Waals surface area contributed by atoms with Gasteiger partial charge in [-0.25, -0.2) is 4.79 Å². The summed E-state index contributed by atoms with van der Waals surface area (Å²) in [4.78, 5) is 24.1. The number of anilines is 1. The molecule has 1 aliphatic heterocycles. The normalized spacial score (nSPS) is 17.0. The number of aliphatic hydroxyl groups is 1. The third kappa shape index (κ3) is 4.19. The van der Waals surface area contributed by atoms with Crippen molar-refractivity contribution in [3.8, 4) is 0 Å². The standard InChI is InChI=1S/C15H21N3O4/c19-11-15(6-8-18(9-7-15)14(21)22)16-10-13(20)17-12-4-2-1-3-5-12/h1-5,16,19H,6-11H2,(H,17,20)(H,21,22). The molecule has 1 saturated heterocycles. The number of amides is 2. The van der Waals surface area contributed by atoms with E-state index >= 15 is 0 Å². The second kappa shape index (κ2) is 7.24. The van der Waals surface area contributed by atoms with Gasteiger partial charge in [0.25, 0.3) is 0 Å². The molecular weight excluding hydrogens is 286 g/mol. The molecule has 7 nitrogen and oxygen atoms in total. The van der Waals surface area contributed by atoms with Crippen LogP contribution in [0.4, 0.5) is 10.5 Å². The number of piperidine rings is 1. The van der Waals surface area contributed by atoms with Gasteiger partial charge in [-0.15, -0.1) is 0 Å². The van der Waals surface area contributed by atoms with E-state index < -0.39 is 11.6 Å². The van der Waals surface area contributed by atoms with E-state index in [1.165, 1.54) is 4.90 Å². The molecule has 1 fully saturated rings. The Morgan fingerprint density at radius 3 is 2.36 bits per heavy atom. The smallest absolute Gasteiger partial charge is 0.407 e. The number of carboxylic acid groups (broad SMARTS) is 1. The Morgan fingerprint density at radius 2 is 1.82 bits per heavy atom. The van der Waals surface area contributed by atoms with Crippen LogP contribution in [-0.2, 0) is 4.79 Å². The van der Waals surface area contributed by atoms with Crippen LogP contribution in [0.2, 0.25) is 0 Å². The molecule has 0 radical (unpaired) electrons. The summed E-state index contributed by atoms with van der Waals surface area (Å²) >= 11 is 0. The molecule has 0 spiro atoms. The molecule has 2 rings (SSSR count). The predicted molar refractivity (Wildman–Crippen MR) is 81.7 cm³/mol. The maximum Gasteiger partial charge on any atom is 0.407 e. The molecule has 0 aromatic heterocycles. The van der Waals surface area contributed by atoms with Crippen LogP contribution < -0.4 is 10.6 Å². The minimum atomic E-state index is -0.951. The maximum absolute atomic E-state index is 11.9. The first-order valence-corrected chi connectivity index (χ1v) is 7.23. The van der Waals surface area contributed by atoms with Gasteiger partial charge < -0.3 is 25.7 Å². The van der Waals surface area contributed by atoms with E-state index in [4.69, 9.17) is 5.11 Å². The molecule has 1 aliphatic rings. The third-order valence-electron chi connectivity index (χ3n) is 3.98. The summed E-state index contributed by atoms with van der Waals surface area (Å²) in [5.41, 5.74) is 0.119. The highest BCUT2D eigenvalue weighted by molar-refractivity contribution is 5.92. The Balaban J connectivity index is 1.83. The van der Waals surface area contributed by atoms with Crippen LogP contribution in [0.15, 0.2) is 30.3 Å². The van der Waals surface area contributed by atoms with Crippen LogP contribution >= 0.6 is 0 Å². The van der Waals surface area contributed by atoms with Crippen LogP contribution in [0.25, 0.3) is 0 Å². The van der Waals surface area contributed by atoms with Gasteiger partial charge in [-0.05, 0) is 25.0 Å². The first-order valence-electron chi connectivity index (χ1n) is 7.23. The number of nitrogens with zero attached hydrogens (tertiary/aromatic N) is 1. The molecule has 1 aromatic carbocycles. The number of rotatable bonds is 5. The molecular formula is C15H21N3O4. The zero-order valence-corrected chi connectivity index (χ0v) is 12.3. The van der Waals surface area contributed by atoms with Crippen LogP contribution in [-0.4, -0.2) is 58.9 Å². The lowest BCUT2D eigenvalue weighted by molar-refractivity contribution is -0.116. The lowest BCUT2D eigenvalue weighted by Crippen LogP contribution is -2.57. The van der Waals surface area contributed by atoms with E-state index in [0.717, 1.165) is 0 Å². The molecule has 7 heteroatoms. The quantitative estimate of drug-likeness (QED) is 0.642. The highest BCUT2D eigenvalue weighted by Gasteiger charge is 2.35. The molecule has 22 heavy (non-hydrogen) atoms. The third-order valence-corrected chi connectivity index (χ3v) is 3.98. The Bertz CT molecular complexity index is 513. The Kier molecular flexibility index (Phi) is 5.35. The molecule has 2 amide bonds. The van der Waals surface area contributed by atoms with Crippen molar-refractivity contribution in [2.24, 2.45) is 0 Å². The van der Waals surface area contributed by atoms with Gasteiger partial charge in [-0.1, -0.05) is 18.2 Å². The van der Waals surface area contributed by atoms with Crippen molar-refractivity contribution >= 4 is 17.7 Å². The minimum absolute atomic E-state index is 0.0720. The van der Waals surface area contributed by atoms with Crippen LogP contribution in [0, 0.1) is 0 Å². The monoisotopic (exact) mass is 307 g/mol. The van der Waals surface area contributed by atoms with Gasteiger partial charge in [0.15, 0.2) is 0 Å². The summed E-state index contributed by atoms with van der Waals surface area (Å²) in [6.45, 7) is 0.647. The molecule has 120 valence electrons. The van der Waals surface area contributed by atoms with Crippen molar-refractivity contribution in [3.63, 3.8) is 0 Å². The van der Waals surface area contributed by atoms with E-state index in [0.29, 0.717) is 31.6 Å². The van der Waals surface area contributed by atoms with Gasteiger partial charge in [-0.3, -0.25) is 4.79 Å². The minimum Gasteiger partial charge on any atom is -0.465 e.